The van der Waals surface area contributed by atoms with E-state index >= 15 is 0 Å². The number of fused-ring (bicyclic) bond motifs is 7. The van der Waals surface area contributed by atoms with E-state index in [2.05, 4.69) is 156 Å². The van der Waals surface area contributed by atoms with E-state index in [0.29, 0.717) is 17.5 Å². The van der Waals surface area contributed by atoms with E-state index in [1.165, 1.54) is 16.3 Å². The molecule has 0 aliphatic carbocycles. The number of furan rings is 1. The highest BCUT2D eigenvalue weighted by molar-refractivity contribution is 6.24. The summed E-state index contributed by atoms with van der Waals surface area (Å²) in [6.45, 7) is 0. The molecule has 11 aromatic rings. The maximum atomic E-state index is 6.61. The molecule has 0 atom stereocenters. The molecule has 0 fully saturated rings. The van der Waals surface area contributed by atoms with Gasteiger partial charge in [-0.3, -0.25) is 0 Å². The van der Waals surface area contributed by atoms with Gasteiger partial charge in [0.15, 0.2) is 17.5 Å². The lowest BCUT2D eigenvalue weighted by molar-refractivity contribution is 0.669. The van der Waals surface area contributed by atoms with Gasteiger partial charge in [0.1, 0.15) is 11.2 Å². The molecule has 0 N–H and O–H groups in total. The largest absolute Gasteiger partial charge is 0.456 e. The van der Waals surface area contributed by atoms with E-state index in [9.17, 15) is 0 Å². The molecule has 262 valence electrons. The predicted octanol–water partition coefficient (Wildman–Crippen LogP) is 13.2. The molecule has 0 radical (unpaired) electrons. The molecule has 0 bridgehead atoms. The minimum atomic E-state index is 0.596. The van der Waals surface area contributed by atoms with Crippen molar-refractivity contribution in [1.82, 2.24) is 19.5 Å². The summed E-state index contributed by atoms with van der Waals surface area (Å²) >= 11 is 0. The summed E-state index contributed by atoms with van der Waals surface area (Å²) in [5, 5.41) is 4.40. The van der Waals surface area contributed by atoms with E-state index in [1.807, 2.05) is 42.5 Å². The Morgan fingerprint density at radius 1 is 0.339 bits per heavy atom. The van der Waals surface area contributed by atoms with Gasteiger partial charge in [-0.25, -0.2) is 15.0 Å². The molecule has 0 aliphatic heterocycles. The molecule has 0 aliphatic rings. The molecule has 0 spiro atoms. The van der Waals surface area contributed by atoms with Crippen LogP contribution in [0.25, 0.3) is 106 Å². The summed E-state index contributed by atoms with van der Waals surface area (Å²) in [5.74, 6) is 1.83. The number of rotatable bonds is 6. The highest BCUT2D eigenvalue weighted by atomic mass is 16.3. The first-order valence-corrected chi connectivity index (χ1v) is 18.8. The number of para-hydroxylation sites is 1. The first-order valence-electron chi connectivity index (χ1n) is 18.8. The van der Waals surface area contributed by atoms with Crippen molar-refractivity contribution in [1.29, 1.82) is 0 Å². The lowest BCUT2D eigenvalue weighted by atomic mass is 10.0. The van der Waals surface area contributed by atoms with Crippen LogP contribution in [0.3, 0.4) is 0 Å². The van der Waals surface area contributed by atoms with Crippen LogP contribution in [0, 0.1) is 0 Å². The van der Waals surface area contributed by atoms with Crippen molar-refractivity contribution in [2.45, 2.75) is 0 Å². The summed E-state index contributed by atoms with van der Waals surface area (Å²) in [4.78, 5) is 15.3. The van der Waals surface area contributed by atoms with Gasteiger partial charge in [-0.05, 0) is 76.9 Å². The van der Waals surface area contributed by atoms with Gasteiger partial charge < -0.3 is 8.98 Å². The van der Waals surface area contributed by atoms with Gasteiger partial charge in [0.25, 0.3) is 0 Å². The van der Waals surface area contributed by atoms with Crippen LogP contribution in [0.5, 0.6) is 0 Å². The SMILES string of the molecule is c1ccc(-c2cccc(-c3nc(-c4ccccc4)nc(-c4ccc5oc6ccc7c8ccccc8n(-c8cccc(-c9ccccc9)c8)c7c6c5c4)n3)c2)cc1. The third-order valence-corrected chi connectivity index (χ3v) is 10.6. The van der Waals surface area contributed by atoms with Crippen molar-refractivity contribution >= 4 is 43.7 Å². The molecule has 0 amide bonds. The molecule has 5 nitrogen and oxygen atoms in total. The zero-order valence-corrected chi connectivity index (χ0v) is 30.2. The maximum Gasteiger partial charge on any atom is 0.164 e. The second-order valence-electron chi connectivity index (χ2n) is 14.0. The molecule has 8 aromatic carbocycles. The van der Waals surface area contributed by atoms with Crippen molar-refractivity contribution in [2.75, 3.05) is 0 Å². The van der Waals surface area contributed by atoms with E-state index in [1.54, 1.807) is 0 Å². The Bertz CT molecular complexity index is 3240. The second-order valence-corrected chi connectivity index (χ2v) is 14.0. The lowest BCUT2D eigenvalue weighted by Crippen LogP contribution is -2.00. The van der Waals surface area contributed by atoms with Crippen LogP contribution in [-0.4, -0.2) is 19.5 Å². The summed E-state index contributed by atoms with van der Waals surface area (Å²) < 4.78 is 8.99. The normalized spacial score (nSPS) is 11.6. The monoisotopic (exact) mass is 716 g/mol. The molecule has 11 rings (SSSR count). The molecule has 0 unspecified atom stereocenters. The zero-order valence-electron chi connectivity index (χ0n) is 30.2. The van der Waals surface area contributed by atoms with Gasteiger partial charge in [0.05, 0.1) is 16.4 Å². The van der Waals surface area contributed by atoms with Gasteiger partial charge >= 0.3 is 0 Å². The smallest absolute Gasteiger partial charge is 0.164 e. The Balaban J connectivity index is 1.14. The molecule has 0 saturated heterocycles. The van der Waals surface area contributed by atoms with Crippen LogP contribution in [0.2, 0.25) is 0 Å². The fraction of sp³-hybridized carbons (Fsp3) is 0. The molecule has 5 heteroatoms. The Hall–Kier alpha value is -7.63. The fourth-order valence-electron chi connectivity index (χ4n) is 8.00. The van der Waals surface area contributed by atoms with Crippen molar-refractivity contribution < 1.29 is 4.42 Å². The van der Waals surface area contributed by atoms with Gasteiger partial charge in [-0.15, -0.1) is 0 Å². The van der Waals surface area contributed by atoms with Gasteiger partial charge in [0.2, 0.25) is 0 Å². The number of aromatic nitrogens is 4. The van der Waals surface area contributed by atoms with E-state index in [0.717, 1.165) is 72.0 Å². The summed E-state index contributed by atoms with van der Waals surface area (Å²) in [6, 6.07) is 67.4. The first kappa shape index (κ1) is 31.9. The Labute approximate surface area is 322 Å². The Morgan fingerprint density at radius 2 is 0.875 bits per heavy atom. The Morgan fingerprint density at radius 3 is 1.59 bits per heavy atom. The molecule has 0 saturated carbocycles. The minimum Gasteiger partial charge on any atom is -0.456 e. The summed E-state index contributed by atoms with van der Waals surface area (Å²) in [7, 11) is 0. The third kappa shape index (κ3) is 5.37. The summed E-state index contributed by atoms with van der Waals surface area (Å²) in [6.07, 6.45) is 0. The second kappa shape index (κ2) is 13.0. The van der Waals surface area contributed by atoms with Crippen molar-refractivity contribution in [2.24, 2.45) is 0 Å². The van der Waals surface area contributed by atoms with E-state index in [-0.39, 0.29) is 0 Å². The fourth-order valence-corrected chi connectivity index (χ4v) is 8.00. The number of hydrogen-bond donors (Lipinski definition) is 0. The standard InChI is InChI=1S/C51H32N4O/c1-4-14-33(15-5-1)36-20-12-22-38(30-36)50-52-49(35-18-8-3-9-19-35)53-51(54-50)39-26-28-45-43(32-39)47-46(56-45)29-27-42-41-24-10-11-25-44(41)55(48(42)47)40-23-13-21-37(31-40)34-16-6-2-7-17-34/h1-32H. The van der Waals surface area contributed by atoms with Gasteiger partial charge in [-0.2, -0.15) is 0 Å². The van der Waals surface area contributed by atoms with Gasteiger partial charge in [-0.1, -0.05) is 140 Å². The van der Waals surface area contributed by atoms with Crippen molar-refractivity contribution in [3.8, 4) is 62.1 Å². The van der Waals surface area contributed by atoms with Crippen molar-refractivity contribution in [3.63, 3.8) is 0 Å². The van der Waals surface area contributed by atoms with E-state index in [4.69, 9.17) is 19.4 Å². The average Bonchev–Trinajstić information content (AvgIpc) is 3.83. The molecular weight excluding hydrogens is 685 g/mol. The quantitative estimate of drug-likeness (QED) is 0.172. The molecular formula is C51H32N4O. The van der Waals surface area contributed by atoms with Crippen LogP contribution in [0.1, 0.15) is 0 Å². The van der Waals surface area contributed by atoms with Crippen LogP contribution in [-0.2, 0) is 0 Å². The number of benzene rings is 8. The highest BCUT2D eigenvalue weighted by Gasteiger charge is 2.21. The number of hydrogen-bond acceptors (Lipinski definition) is 4. The molecule has 3 heterocycles. The summed E-state index contributed by atoms with van der Waals surface area (Å²) in [5.41, 5.74) is 12.3. The predicted molar refractivity (Wildman–Crippen MR) is 229 cm³/mol. The van der Waals surface area contributed by atoms with Crippen LogP contribution < -0.4 is 0 Å². The van der Waals surface area contributed by atoms with Crippen LogP contribution in [0.15, 0.2) is 199 Å². The third-order valence-electron chi connectivity index (χ3n) is 10.6. The van der Waals surface area contributed by atoms with Crippen LogP contribution >= 0.6 is 0 Å². The first-order chi connectivity index (χ1) is 27.7. The van der Waals surface area contributed by atoms with Gasteiger partial charge in [0, 0.05) is 38.5 Å². The topological polar surface area (TPSA) is 56.7 Å². The van der Waals surface area contributed by atoms with Crippen molar-refractivity contribution in [3.05, 3.63) is 194 Å². The average molecular weight is 717 g/mol. The maximum absolute atomic E-state index is 6.61. The highest BCUT2D eigenvalue weighted by Crippen LogP contribution is 2.42. The minimum absolute atomic E-state index is 0.596. The lowest BCUT2D eigenvalue weighted by Gasteiger charge is -2.11. The number of nitrogens with zero attached hydrogens (tertiary/aromatic N) is 4. The molecule has 56 heavy (non-hydrogen) atoms. The molecule has 3 aromatic heterocycles. The van der Waals surface area contributed by atoms with Crippen LogP contribution in [0.4, 0.5) is 0 Å². The zero-order chi connectivity index (χ0) is 37.0. The Kier molecular flexibility index (Phi) is 7.42. The van der Waals surface area contributed by atoms with E-state index < -0.39 is 0 Å².